The van der Waals surface area contributed by atoms with Crippen molar-refractivity contribution in [2.45, 2.75) is 13.0 Å². The SMILES string of the molecule is Cc1ccc(Cl)c([C@@H]2CO2)c1. The molecule has 1 aliphatic rings. The first kappa shape index (κ1) is 7.14. The molecule has 1 fully saturated rings. The molecule has 0 saturated carbocycles. The molecule has 1 atom stereocenters. The first-order chi connectivity index (χ1) is 5.27. The van der Waals surface area contributed by atoms with Crippen molar-refractivity contribution >= 4 is 11.6 Å². The van der Waals surface area contributed by atoms with Crippen LogP contribution in [0, 0.1) is 6.92 Å². The van der Waals surface area contributed by atoms with E-state index < -0.39 is 0 Å². The number of benzene rings is 1. The van der Waals surface area contributed by atoms with Crippen molar-refractivity contribution in [2.75, 3.05) is 6.61 Å². The van der Waals surface area contributed by atoms with E-state index in [1.54, 1.807) is 0 Å². The summed E-state index contributed by atoms with van der Waals surface area (Å²) in [7, 11) is 0. The summed E-state index contributed by atoms with van der Waals surface area (Å²) in [6.07, 6.45) is 0.266. The minimum atomic E-state index is 0.266. The maximum atomic E-state index is 5.95. The molecule has 2 rings (SSSR count). The molecule has 0 N–H and O–H groups in total. The normalized spacial score (nSPS) is 21.8. The molecule has 0 aliphatic carbocycles. The van der Waals surface area contributed by atoms with Gasteiger partial charge < -0.3 is 4.74 Å². The zero-order chi connectivity index (χ0) is 7.84. The van der Waals surface area contributed by atoms with Crippen LogP contribution in [0.1, 0.15) is 17.2 Å². The summed E-state index contributed by atoms with van der Waals surface area (Å²) >= 11 is 5.95. The topological polar surface area (TPSA) is 12.5 Å². The van der Waals surface area contributed by atoms with Crippen molar-refractivity contribution in [3.63, 3.8) is 0 Å². The highest BCUT2D eigenvalue weighted by molar-refractivity contribution is 6.31. The van der Waals surface area contributed by atoms with Crippen LogP contribution in [-0.2, 0) is 4.74 Å². The molecule has 1 aromatic carbocycles. The monoisotopic (exact) mass is 168 g/mol. The average Bonchev–Trinajstić information content (AvgIpc) is 2.76. The first-order valence-electron chi connectivity index (χ1n) is 3.65. The maximum absolute atomic E-state index is 5.95. The third-order valence-corrected chi connectivity index (χ3v) is 2.18. The largest absolute Gasteiger partial charge is 0.368 e. The van der Waals surface area contributed by atoms with Gasteiger partial charge in [0, 0.05) is 10.6 Å². The fraction of sp³-hybridized carbons (Fsp3) is 0.333. The number of ether oxygens (including phenoxy) is 1. The Kier molecular flexibility index (Phi) is 1.63. The van der Waals surface area contributed by atoms with Crippen molar-refractivity contribution in [3.8, 4) is 0 Å². The first-order valence-corrected chi connectivity index (χ1v) is 4.03. The molecular weight excluding hydrogens is 160 g/mol. The van der Waals surface area contributed by atoms with E-state index in [-0.39, 0.29) is 6.10 Å². The average molecular weight is 169 g/mol. The zero-order valence-corrected chi connectivity index (χ0v) is 7.06. The van der Waals surface area contributed by atoms with E-state index in [1.807, 2.05) is 12.1 Å². The van der Waals surface area contributed by atoms with Gasteiger partial charge in [-0.15, -0.1) is 0 Å². The molecule has 0 radical (unpaired) electrons. The van der Waals surface area contributed by atoms with Crippen LogP contribution < -0.4 is 0 Å². The van der Waals surface area contributed by atoms with Crippen molar-refractivity contribution < 1.29 is 4.74 Å². The lowest BCUT2D eigenvalue weighted by molar-refractivity contribution is 0.415. The highest BCUT2D eigenvalue weighted by atomic mass is 35.5. The molecule has 1 aromatic rings. The number of hydrogen-bond donors (Lipinski definition) is 0. The molecular formula is C9H9ClO. The number of aryl methyl sites for hydroxylation is 1. The highest BCUT2D eigenvalue weighted by Crippen LogP contribution is 2.34. The van der Waals surface area contributed by atoms with Gasteiger partial charge in [-0.3, -0.25) is 0 Å². The summed E-state index contributed by atoms with van der Waals surface area (Å²) < 4.78 is 5.15. The molecule has 0 aromatic heterocycles. The van der Waals surface area contributed by atoms with Crippen molar-refractivity contribution in [1.82, 2.24) is 0 Å². The molecule has 1 saturated heterocycles. The minimum absolute atomic E-state index is 0.266. The van der Waals surface area contributed by atoms with Crippen LogP contribution in [-0.4, -0.2) is 6.61 Å². The predicted molar refractivity (Wildman–Crippen MR) is 44.9 cm³/mol. The van der Waals surface area contributed by atoms with E-state index in [0.29, 0.717) is 0 Å². The van der Waals surface area contributed by atoms with Gasteiger partial charge in [0.15, 0.2) is 0 Å². The molecule has 1 aliphatic heterocycles. The Bertz CT molecular complexity index is 279. The Morgan fingerprint density at radius 1 is 1.55 bits per heavy atom. The van der Waals surface area contributed by atoms with Crippen molar-refractivity contribution in [3.05, 3.63) is 34.3 Å². The van der Waals surface area contributed by atoms with Crippen LogP contribution >= 0.6 is 11.6 Å². The number of halogens is 1. The van der Waals surface area contributed by atoms with Crippen LogP contribution in [0.4, 0.5) is 0 Å². The van der Waals surface area contributed by atoms with E-state index in [1.165, 1.54) is 5.56 Å². The molecule has 58 valence electrons. The van der Waals surface area contributed by atoms with Gasteiger partial charge in [-0.1, -0.05) is 29.3 Å². The third-order valence-electron chi connectivity index (χ3n) is 1.83. The Balaban J connectivity index is 2.42. The lowest BCUT2D eigenvalue weighted by atomic mass is 10.1. The minimum Gasteiger partial charge on any atom is -0.368 e. The summed E-state index contributed by atoms with van der Waals surface area (Å²) in [5.41, 5.74) is 2.37. The van der Waals surface area contributed by atoms with Crippen molar-refractivity contribution in [1.29, 1.82) is 0 Å². The van der Waals surface area contributed by atoms with Crippen LogP contribution in [0.2, 0.25) is 5.02 Å². The quantitative estimate of drug-likeness (QED) is 0.588. The predicted octanol–water partition coefficient (Wildman–Crippen LogP) is 2.72. The van der Waals surface area contributed by atoms with Gasteiger partial charge in [-0.2, -0.15) is 0 Å². The van der Waals surface area contributed by atoms with Gasteiger partial charge in [0.05, 0.1) is 6.61 Å². The van der Waals surface area contributed by atoms with Gasteiger partial charge in [-0.05, 0) is 13.0 Å². The van der Waals surface area contributed by atoms with Crippen molar-refractivity contribution in [2.24, 2.45) is 0 Å². The Morgan fingerprint density at radius 2 is 2.27 bits per heavy atom. The van der Waals surface area contributed by atoms with Gasteiger partial charge in [0.2, 0.25) is 0 Å². The van der Waals surface area contributed by atoms with E-state index >= 15 is 0 Å². The second-order valence-corrected chi connectivity index (χ2v) is 3.25. The molecule has 11 heavy (non-hydrogen) atoms. The molecule has 1 heterocycles. The van der Waals surface area contributed by atoms with Crippen LogP contribution in [0.3, 0.4) is 0 Å². The van der Waals surface area contributed by atoms with Gasteiger partial charge >= 0.3 is 0 Å². The Labute approximate surface area is 70.9 Å². The van der Waals surface area contributed by atoms with E-state index in [4.69, 9.17) is 16.3 Å². The molecule has 0 unspecified atom stereocenters. The van der Waals surface area contributed by atoms with Crippen LogP contribution in [0.5, 0.6) is 0 Å². The van der Waals surface area contributed by atoms with Crippen LogP contribution in [0.25, 0.3) is 0 Å². The number of rotatable bonds is 1. The zero-order valence-electron chi connectivity index (χ0n) is 6.30. The lowest BCUT2D eigenvalue weighted by Gasteiger charge is -2.00. The summed E-state index contributed by atoms with van der Waals surface area (Å²) in [6.45, 7) is 2.88. The fourth-order valence-electron chi connectivity index (χ4n) is 1.14. The Hall–Kier alpha value is -0.530. The summed E-state index contributed by atoms with van der Waals surface area (Å²) in [6, 6.07) is 6.02. The summed E-state index contributed by atoms with van der Waals surface area (Å²) in [5.74, 6) is 0. The number of hydrogen-bond acceptors (Lipinski definition) is 1. The molecule has 2 heteroatoms. The van der Waals surface area contributed by atoms with E-state index in [0.717, 1.165) is 17.2 Å². The summed E-state index contributed by atoms with van der Waals surface area (Å²) in [4.78, 5) is 0. The molecule has 1 nitrogen and oxygen atoms in total. The fourth-order valence-corrected chi connectivity index (χ4v) is 1.38. The molecule has 0 spiro atoms. The van der Waals surface area contributed by atoms with E-state index in [9.17, 15) is 0 Å². The maximum Gasteiger partial charge on any atom is 0.107 e. The van der Waals surface area contributed by atoms with E-state index in [2.05, 4.69) is 13.0 Å². The molecule has 0 bridgehead atoms. The summed E-state index contributed by atoms with van der Waals surface area (Å²) in [5, 5.41) is 0.818. The highest BCUT2D eigenvalue weighted by Gasteiger charge is 2.26. The lowest BCUT2D eigenvalue weighted by Crippen LogP contribution is -1.83. The standard InChI is InChI=1S/C9H9ClO/c1-6-2-3-8(10)7(4-6)9-5-11-9/h2-4,9H,5H2,1H3/t9-/m0/s1. The molecule has 0 amide bonds. The number of epoxide rings is 1. The smallest absolute Gasteiger partial charge is 0.107 e. The van der Waals surface area contributed by atoms with Gasteiger partial charge in [0.1, 0.15) is 6.10 Å². The van der Waals surface area contributed by atoms with Crippen LogP contribution in [0.15, 0.2) is 18.2 Å². The third kappa shape index (κ3) is 1.39. The second-order valence-electron chi connectivity index (χ2n) is 2.85. The Morgan fingerprint density at radius 3 is 2.91 bits per heavy atom. The van der Waals surface area contributed by atoms with Gasteiger partial charge in [0.25, 0.3) is 0 Å². The second kappa shape index (κ2) is 2.50. The van der Waals surface area contributed by atoms with Gasteiger partial charge in [-0.25, -0.2) is 0 Å².